The topological polar surface area (TPSA) is 25.8 Å². The highest BCUT2D eigenvalue weighted by atomic mass is 79.9. The van der Waals surface area contributed by atoms with Gasteiger partial charge in [0.05, 0.1) is 4.83 Å². The van der Waals surface area contributed by atoms with Crippen LogP contribution in [0, 0.1) is 0 Å². The van der Waals surface area contributed by atoms with E-state index in [1.807, 2.05) is 6.92 Å². The third kappa shape index (κ3) is 1.26. The van der Waals surface area contributed by atoms with E-state index in [4.69, 9.17) is 0 Å². The van der Waals surface area contributed by atoms with Crippen LogP contribution in [0.3, 0.4) is 0 Å². The molecule has 1 aromatic rings. The Morgan fingerprint density at radius 1 is 1.88 bits per heavy atom. The van der Waals surface area contributed by atoms with Crippen LogP contribution in [-0.4, -0.2) is 10.2 Å². The summed E-state index contributed by atoms with van der Waals surface area (Å²) < 4.78 is 0. The Morgan fingerprint density at radius 2 is 2.62 bits per heavy atom. The van der Waals surface area contributed by atoms with Crippen LogP contribution < -0.4 is 0 Å². The minimum absolute atomic E-state index is 0.343. The minimum atomic E-state index is 0.343. The zero-order valence-corrected chi connectivity index (χ0v) is 6.74. The van der Waals surface area contributed by atoms with Crippen molar-refractivity contribution < 1.29 is 0 Å². The highest BCUT2D eigenvalue weighted by Gasteiger charge is 2.01. The standard InChI is InChI=1S/C4H5BrN2S/c1-3(5)4-7-6-2-8-4/h2-3H,1H3. The summed E-state index contributed by atoms with van der Waals surface area (Å²) in [7, 11) is 0. The van der Waals surface area contributed by atoms with Gasteiger partial charge in [-0.15, -0.1) is 21.5 Å². The van der Waals surface area contributed by atoms with Crippen molar-refractivity contribution in [3.05, 3.63) is 10.5 Å². The lowest BCUT2D eigenvalue weighted by Gasteiger charge is -1.89. The first kappa shape index (κ1) is 6.16. The second kappa shape index (κ2) is 2.55. The molecule has 0 aromatic carbocycles. The normalized spacial score (nSPS) is 13.8. The third-order valence-corrected chi connectivity index (χ3v) is 2.33. The van der Waals surface area contributed by atoms with Crippen molar-refractivity contribution in [3.8, 4) is 0 Å². The van der Waals surface area contributed by atoms with Gasteiger partial charge >= 0.3 is 0 Å². The Balaban J connectivity index is 2.77. The molecule has 0 aliphatic carbocycles. The second-order valence-electron chi connectivity index (χ2n) is 1.39. The molecule has 0 bridgehead atoms. The van der Waals surface area contributed by atoms with Crippen molar-refractivity contribution in [2.45, 2.75) is 11.8 Å². The lowest BCUT2D eigenvalue weighted by atomic mass is 10.5. The van der Waals surface area contributed by atoms with Gasteiger partial charge in [-0.1, -0.05) is 15.9 Å². The molecule has 0 N–H and O–H groups in total. The molecule has 0 saturated carbocycles. The summed E-state index contributed by atoms with van der Waals surface area (Å²) in [6.45, 7) is 2.03. The van der Waals surface area contributed by atoms with Gasteiger partial charge in [-0.05, 0) is 6.92 Å². The van der Waals surface area contributed by atoms with Crippen LogP contribution in [0.4, 0.5) is 0 Å². The highest BCUT2D eigenvalue weighted by molar-refractivity contribution is 9.09. The van der Waals surface area contributed by atoms with Gasteiger partial charge in [0, 0.05) is 0 Å². The molecule has 0 spiro atoms. The molecule has 0 amide bonds. The summed E-state index contributed by atoms with van der Waals surface area (Å²) in [6, 6.07) is 0. The van der Waals surface area contributed by atoms with Crippen molar-refractivity contribution in [3.63, 3.8) is 0 Å². The Kier molecular flexibility index (Phi) is 1.96. The summed E-state index contributed by atoms with van der Waals surface area (Å²) >= 11 is 4.93. The van der Waals surface area contributed by atoms with E-state index in [1.165, 1.54) is 0 Å². The van der Waals surface area contributed by atoms with Gasteiger partial charge in [0.2, 0.25) is 0 Å². The molecule has 44 valence electrons. The molecule has 0 aliphatic heterocycles. The Hall–Kier alpha value is 0.0400. The molecule has 0 aliphatic rings. The van der Waals surface area contributed by atoms with E-state index in [0.717, 1.165) is 5.01 Å². The molecule has 0 saturated heterocycles. The first-order valence-corrected chi connectivity index (χ1v) is 4.00. The van der Waals surface area contributed by atoms with E-state index in [2.05, 4.69) is 26.1 Å². The highest BCUT2D eigenvalue weighted by Crippen LogP contribution is 2.21. The number of hydrogen-bond donors (Lipinski definition) is 0. The molecule has 8 heavy (non-hydrogen) atoms. The van der Waals surface area contributed by atoms with Crippen LogP contribution in [0.2, 0.25) is 0 Å². The molecule has 1 rings (SSSR count). The Labute approximate surface area is 60.1 Å². The van der Waals surface area contributed by atoms with E-state index >= 15 is 0 Å². The summed E-state index contributed by atoms with van der Waals surface area (Å²) in [5.41, 5.74) is 1.73. The number of nitrogens with zero attached hydrogens (tertiary/aromatic N) is 2. The summed E-state index contributed by atoms with van der Waals surface area (Å²) in [5.74, 6) is 0. The van der Waals surface area contributed by atoms with E-state index in [-0.39, 0.29) is 0 Å². The molecule has 1 unspecified atom stereocenters. The van der Waals surface area contributed by atoms with Gasteiger partial charge < -0.3 is 0 Å². The minimum Gasteiger partial charge on any atom is -0.147 e. The van der Waals surface area contributed by atoms with Crippen molar-refractivity contribution in [2.24, 2.45) is 0 Å². The molecule has 1 heterocycles. The fraction of sp³-hybridized carbons (Fsp3) is 0.500. The first-order valence-electron chi connectivity index (χ1n) is 2.21. The Bertz CT molecular complexity index is 149. The molecular formula is C4H5BrN2S. The van der Waals surface area contributed by atoms with Gasteiger partial charge in [0.1, 0.15) is 10.5 Å². The summed E-state index contributed by atoms with van der Waals surface area (Å²) in [4.78, 5) is 0.343. The van der Waals surface area contributed by atoms with E-state index in [1.54, 1.807) is 16.8 Å². The van der Waals surface area contributed by atoms with Crippen molar-refractivity contribution in [1.29, 1.82) is 0 Å². The van der Waals surface area contributed by atoms with Gasteiger partial charge in [-0.25, -0.2) is 0 Å². The number of hydrogen-bond acceptors (Lipinski definition) is 3. The summed E-state index contributed by atoms with van der Waals surface area (Å²) in [6.07, 6.45) is 0. The average molecular weight is 193 g/mol. The zero-order chi connectivity index (χ0) is 5.98. The molecule has 1 aromatic heterocycles. The average Bonchev–Trinajstić information content (AvgIpc) is 2.12. The third-order valence-electron chi connectivity index (χ3n) is 0.717. The fourth-order valence-corrected chi connectivity index (χ4v) is 1.25. The molecule has 2 nitrogen and oxygen atoms in total. The van der Waals surface area contributed by atoms with Gasteiger partial charge in [0.25, 0.3) is 0 Å². The predicted octanol–water partition coefficient (Wildman–Crippen LogP) is 1.99. The maximum absolute atomic E-state index is 3.84. The lowest BCUT2D eigenvalue weighted by Crippen LogP contribution is -1.79. The van der Waals surface area contributed by atoms with Crippen LogP contribution in [0.25, 0.3) is 0 Å². The van der Waals surface area contributed by atoms with Crippen molar-refractivity contribution >= 4 is 27.3 Å². The second-order valence-corrected chi connectivity index (χ2v) is 3.63. The predicted molar refractivity (Wildman–Crippen MR) is 37.3 cm³/mol. The van der Waals surface area contributed by atoms with Crippen LogP contribution in [0.5, 0.6) is 0 Å². The fourth-order valence-electron chi connectivity index (χ4n) is 0.355. The maximum Gasteiger partial charge on any atom is 0.130 e. The van der Waals surface area contributed by atoms with Gasteiger partial charge in [-0.2, -0.15) is 0 Å². The number of halogens is 1. The molecular weight excluding hydrogens is 188 g/mol. The van der Waals surface area contributed by atoms with Crippen molar-refractivity contribution in [2.75, 3.05) is 0 Å². The van der Waals surface area contributed by atoms with Gasteiger partial charge in [-0.3, -0.25) is 0 Å². The van der Waals surface area contributed by atoms with Crippen LogP contribution in [0.1, 0.15) is 16.8 Å². The maximum atomic E-state index is 3.84. The summed E-state index contributed by atoms with van der Waals surface area (Å²) in [5, 5.41) is 8.55. The monoisotopic (exact) mass is 192 g/mol. The van der Waals surface area contributed by atoms with Crippen molar-refractivity contribution in [1.82, 2.24) is 10.2 Å². The van der Waals surface area contributed by atoms with Gasteiger partial charge in [0.15, 0.2) is 0 Å². The molecule has 4 heteroatoms. The molecule has 1 atom stereocenters. The van der Waals surface area contributed by atoms with Crippen LogP contribution in [0.15, 0.2) is 5.51 Å². The Morgan fingerprint density at radius 3 is 2.88 bits per heavy atom. The van der Waals surface area contributed by atoms with E-state index in [0.29, 0.717) is 4.83 Å². The van der Waals surface area contributed by atoms with Crippen LogP contribution >= 0.6 is 27.3 Å². The quantitative estimate of drug-likeness (QED) is 0.637. The van der Waals surface area contributed by atoms with Crippen LogP contribution in [-0.2, 0) is 0 Å². The SMILES string of the molecule is CC(Br)c1nncs1. The molecule has 0 fully saturated rings. The first-order chi connectivity index (χ1) is 3.80. The number of rotatable bonds is 1. The number of aromatic nitrogens is 2. The zero-order valence-electron chi connectivity index (χ0n) is 4.34. The number of alkyl halides is 1. The largest absolute Gasteiger partial charge is 0.147 e. The smallest absolute Gasteiger partial charge is 0.130 e. The lowest BCUT2D eigenvalue weighted by molar-refractivity contribution is 0.977. The van der Waals surface area contributed by atoms with E-state index < -0.39 is 0 Å². The molecule has 0 radical (unpaired) electrons. The van der Waals surface area contributed by atoms with E-state index in [9.17, 15) is 0 Å².